The summed E-state index contributed by atoms with van der Waals surface area (Å²) in [7, 11) is 1.60. The van der Waals surface area contributed by atoms with Crippen LogP contribution in [0.4, 0.5) is 0 Å². The highest BCUT2D eigenvalue weighted by molar-refractivity contribution is 14.1. The van der Waals surface area contributed by atoms with Crippen LogP contribution in [0, 0.1) is 20.3 Å². The lowest BCUT2D eigenvalue weighted by molar-refractivity contribution is -0.129. The second-order valence-electron chi connectivity index (χ2n) is 5.98. The van der Waals surface area contributed by atoms with Crippen molar-refractivity contribution in [2.45, 2.75) is 18.9 Å². The monoisotopic (exact) mass is 450 g/mol. The van der Waals surface area contributed by atoms with Crippen molar-refractivity contribution >= 4 is 45.8 Å². The van der Waals surface area contributed by atoms with Crippen LogP contribution < -0.4 is 5.32 Å². The number of hydrogen-bond acceptors (Lipinski definition) is 4. The third-order valence-corrected chi connectivity index (χ3v) is 5.93. The summed E-state index contributed by atoms with van der Waals surface area (Å²) in [5.74, 6) is 0.0435. The van der Waals surface area contributed by atoms with E-state index in [-0.39, 0.29) is 11.9 Å². The van der Waals surface area contributed by atoms with Gasteiger partial charge in [0, 0.05) is 15.5 Å². The molecule has 7 heteroatoms. The van der Waals surface area contributed by atoms with Gasteiger partial charge < -0.3 is 5.32 Å². The van der Waals surface area contributed by atoms with Crippen molar-refractivity contribution in [1.29, 1.82) is 10.7 Å². The standard InChI is InChI=1S/C17H15IN4OS/c1-17(7-15(23)22(2)16(20)21-17)14-6-12(9-24-14)11-3-10(8-19)4-13(18)5-11/h3-6,9H,7H2,1-2H3,(H2,20,21)/t17-/m0/s1. The van der Waals surface area contributed by atoms with Crippen molar-refractivity contribution < 1.29 is 4.79 Å². The van der Waals surface area contributed by atoms with E-state index in [0.29, 0.717) is 12.0 Å². The van der Waals surface area contributed by atoms with Crippen LogP contribution in [-0.4, -0.2) is 23.8 Å². The first-order valence-electron chi connectivity index (χ1n) is 7.26. The van der Waals surface area contributed by atoms with Gasteiger partial charge in [-0.3, -0.25) is 15.1 Å². The van der Waals surface area contributed by atoms with Gasteiger partial charge in [-0.2, -0.15) is 5.26 Å². The summed E-state index contributed by atoms with van der Waals surface area (Å²) in [6, 6.07) is 9.96. The zero-order valence-corrected chi connectivity index (χ0v) is 16.2. The van der Waals surface area contributed by atoms with Crippen LogP contribution in [-0.2, 0) is 10.3 Å². The lowest BCUT2D eigenvalue weighted by Gasteiger charge is -2.38. The Labute approximate surface area is 157 Å². The number of guanidine groups is 1. The molecule has 2 heterocycles. The molecule has 5 nitrogen and oxygen atoms in total. The van der Waals surface area contributed by atoms with Crippen molar-refractivity contribution in [3.05, 3.63) is 43.7 Å². The van der Waals surface area contributed by atoms with Crippen molar-refractivity contribution in [2.24, 2.45) is 0 Å². The fourth-order valence-electron chi connectivity index (χ4n) is 2.68. The van der Waals surface area contributed by atoms with Crippen LogP contribution in [0.1, 0.15) is 23.8 Å². The molecule has 24 heavy (non-hydrogen) atoms. The number of amides is 1. The molecule has 0 saturated carbocycles. The molecule has 1 atom stereocenters. The largest absolute Gasteiger partial charge is 0.345 e. The molecular weight excluding hydrogens is 435 g/mol. The molecule has 2 N–H and O–H groups in total. The predicted molar refractivity (Wildman–Crippen MR) is 103 cm³/mol. The lowest BCUT2D eigenvalue weighted by Crippen LogP contribution is -2.57. The Hall–Kier alpha value is -1.92. The summed E-state index contributed by atoms with van der Waals surface area (Å²) in [5, 5.41) is 22.2. The molecule has 0 radical (unpaired) electrons. The molecule has 1 aromatic heterocycles. The number of nitrogens with one attached hydrogen (secondary N) is 2. The Kier molecular flexibility index (Phi) is 4.36. The van der Waals surface area contributed by atoms with Gasteiger partial charge in [0.2, 0.25) is 5.91 Å². The maximum atomic E-state index is 12.1. The molecule has 2 aromatic rings. The minimum atomic E-state index is -0.580. The van der Waals surface area contributed by atoms with Crippen molar-refractivity contribution in [3.8, 4) is 17.2 Å². The van der Waals surface area contributed by atoms with Gasteiger partial charge in [-0.15, -0.1) is 11.3 Å². The molecule has 1 amide bonds. The summed E-state index contributed by atoms with van der Waals surface area (Å²) in [4.78, 5) is 14.4. The molecule has 1 aliphatic heterocycles. The van der Waals surface area contributed by atoms with Crippen LogP contribution in [0.2, 0.25) is 0 Å². The minimum Gasteiger partial charge on any atom is -0.345 e. The summed E-state index contributed by atoms with van der Waals surface area (Å²) >= 11 is 3.76. The van der Waals surface area contributed by atoms with E-state index in [1.165, 1.54) is 4.90 Å². The molecule has 0 spiro atoms. The quantitative estimate of drug-likeness (QED) is 0.688. The maximum absolute atomic E-state index is 12.1. The van der Waals surface area contributed by atoms with E-state index < -0.39 is 5.54 Å². The maximum Gasteiger partial charge on any atom is 0.231 e. The van der Waals surface area contributed by atoms with Gasteiger partial charge >= 0.3 is 0 Å². The Morgan fingerprint density at radius 2 is 2.12 bits per heavy atom. The third kappa shape index (κ3) is 3.03. The summed E-state index contributed by atoms with van der Waals surface area (Å²) in [6.45, 7) is 1.94. The van der Waals surface area contributed by atoms with Crippen molar-refractivity contribution in [2.75, 3.05) is 7.05 Å². The number of nitrogens with zero attached hydrogens (tertiary/aromatic N) is 2. The first-order chi connectivity index (χ1) is 11.3. The van der Waals surface area contributed by atoms with Gasteiger partial charge in [0.05, 0.1) is 23.6 Å². The minimum absolute atomic E-state index is 0.0720. The van der Waals surface area contributed by atoms with Gasteiger partial charge in [-0.25, -0.2) is 0 Å². The smallest absolute Gasteiger partial charge is 0.231 e. The molecule has 1 aromatic carbocycles. The van der Waals surface area contributed by atoms with Crippen LogP contribution in [0.5, 0.6) is 0 Å². The van der Waals surface area contributed by atoms with E-state index >= 15 is 0 Å². The van der Waals surface area contributed by atoms with Gasteiger partial charge in [0.1, 0.15) is 0 Å². The van der Waals surface area contributed by atoms with Crippen LogP contribution >= 0.6 is 33.9 Å². The number of carbonyl (C=O) groups is 1. The fraction of sp³-hybridized carbons (Fsp3) is 0.235. The number of halogens is 1. The van der Waals surface area contributed by atoms with E-state index in [2.05, 4.69) is 34.0 Å². The number of rotatable bonds is 2. The van der Waals surface area contributed by atoms with E-state index in [1.807, 2.05) is 36.6 Å². The highest BCUT2D eigenvalue weighted by Crippen LogP contribution is 2.36. The normalized spacial score (nSPS) is 20.7. The van der Waals surface area contributed by atoms with Gasteiger partial charge in [0.15, 0.2) is 5.96 Å². The van der Waals surface area contributed by atoms with Crippen LogP contribution in [0.15, 0.2) is 29.6 Å². The van der Waals surface area contributed by atoms with E-state index in [4.69, 9.17) is 10.7 Å². The molecule has 0 unspecified atom stereocenters. The first kappa shape index (κ1) is 16.9. The second-order valence-corrected chi connectivity index (χ2v) is 8.13. The van der Waals surface area contributed by atoms with E-state index in [1.54, 1.807) is 18.4 Å². The van der Waals surface area contributed by atoms with Crippen LogP contribution in [0.25, 0.3) is 11.1 Å². The van der Waals surface area contributed by atoms with E-state index in [9.17, 15) is 4.79 Å². The molecule has 3 rings (SSSR count). The highest BCUT2D eigenvalue weighted by atomic mass is 127. The molecule has 1 aliphatic rings. The summed E-state index contributed by atoms with van der Waals surface area (Å²) in [5.41, 5.74) is 2.05. The third-order valence-electron chi connectivity index (χ3n) is 4.11. The van der Waals surface area contributed by atoms with Gasteiger partial charge in [-0.05, 0) is 70.3 Å². The van der Waals surface area contributed by atoms with Crippen molar-refractivity contribution in [3.63, 3.8) is 0 Å². The van der Waals surface area contributed by atoms with Gasteiger partial charge in [-0.1, -0.05) is 0 Å². The molecule has 1 saturated heterocycles. The number of nitriles is 1. The summed E-state index contributed by atoms with van der Waals surface area (Å²) in [6.07, 6.45) is 0.307. The van der Waals surface area contributed by atoms with Crippen molar-refractivity contribution in [1.82, 2.24) is 10.2 Å². The molecule has 1 fully saturated rings. The van der Waals surface area contributed by atoms with E-state index in [0.717, 1.165) is 19.6 Å². The lowest BCUT2D eigenvalue weighted by atomic mass is 9.92. The highest BCUT2D eigenvalue weighted by Gasteiger charge is 2.38. The topological polar surface area (TPSA) is 80.0 Å². The Morgan fingerprint density at radius 3 is 2.79 bits per heavy atom. The number of carbonyl (C=O) groups excluding carboxylic acids is 1. The molecule has 122 valence electrons. The molecule has 0 aliphatic carbocycles. The second kappa shape index (κ2) is 6.18. The average Bonchev–Trinajstić information content (AvgIpc) is 3.03. The first-order valence-corrected chi connectivity index (χ1v) is 9.21. The predicted octanol–water partition coefficient (Wildman–Crippen LogP) is 3.49. The number of benzene rings is 1. The average molecular weight is 450 g/mol. The molecular formula is C17H15IN4OS. The Morgan fingerprint density at radius 1 is 1.38 bits per heavy atom. The number of thiophene rings is 1. The number of hydrogen-bond donors (Lipinski definition) is 2. The van der Waals surface area contributed by atoms with Crippen LogP contribution in [0.3, 0.4) is 0 Å². The summed E-state index contributed by atoms with van der Waals surface area (Å²) < 4.78 is 1.01. The molecule has 0 bridgehead atoms. The Bertz CT molecular complexity index is 865. The Balaban J connectivity index is 1.97. The SMILES string of the molecule is CN1C(=N)N[C@](C)(c2cc(-c3cc(I)cc(C#N)c3)cs2)CC1=O. The zero-order valence-electron chi connectivity index (χ0n) is 13.2. The zero-order chi connectivity index (χ0) is 17.5. The fourth-order valence-corrected chi connectivity index (χ4v) is 4.39. The van der Waals surface area contributed by atoms with Gasteiger partial charge in [0.25, 0.3) is 0 Å².